The van der Waals surface area contributed by atoms with Gasteiger partial charge in [-0.2, -0.15) is 0 Å². The van der Waals surface area contributed by atoms with Crippen LogP contribution in [-0.2, 0) is 39.5 Å². The Morgan fingerprint density at radius 2 is 1.94 bits per heavy atom. The number of aryl methyl sites for hydroxylation is 1. The lowest BCUT2D eigenvalue weighted by Crippen LogP contribution is -2.44. The quantitative estimate of drug-likeness (QED) is 0.326. The molecule has 2 aromatic heterocycles. The number of cyclic esters (lactones) is 1. The van der Waals surface area contributed by atoms with Crippen LogP contribution in [0.3, 0.4) is 0 Å². The number of aromatic nitrogens is 2. The van der Waals surface area contributed by atoms with Crippen molar-refractivity contribution in [3.05, 3.63) is 56.9 Å². The number of hydrogen-bond acceptors (Lipinski definition) is 8. The Morgan fingerprint density at radius 3 is 2.56 bits per heavy atom. The normalized spacial score (nSPS) is 17.8. The number of pyridine rings is 2. The van der Waals surface area contributed by atoms with Crippen LogP contribution in [0.15, 0.2) is 29.1 Å². The summed E-state index contributed by atoms with van der Waals surface area (Å²) >= 11 is 0. The summed E-state index contributed by atoms with van der Waals surface area (Å²) in [4.78, 5) is 39.5. The molecular formula is C24H25N3O7. The summed E-state index contributed by atoms with van der Waals surface area (Å²) in [5, 5.41) is 29.3. The summed E-state index contributed by atoms with van der Waals surface area (Å²) in [7, 11) is 0. The molecule has 10 heteroatoms. The number of phenols is 1. The van der Waals surface area contributed by atoms with E-state index >= 15 is 0 Å². The highest BCUT2D eigenvalue weighted by atomic mass is 16.6. The van der Waals surface area contributed by atoms with Crippen molar-refractivity contribution >= 4 is 22.8 Å². The number of carbonyl (C=O) groups excluding carboxylic acids is 1. The number of phenolic OH excluding ortho intramolecular Hbond substituents is 1. The standard InChI is InChI=1S/C22H20N2O5.C2H5NO2/c1-3-12-13-7-11(25)5-6-17(13)23-19-14(12)9-24-18(19)8-16-15(20(24)26)10-29-21(27)22(16,28)4-2;3-1-2(4)5/h5-8,25,28H,3-4,9-10H2,1-2H3;1,3H2,(H,4,5)/t22-;/m0./s1. The van der Waals surface area contributed by atoms with E-state index in [0.717, 1.165) is 22.0 Å². The molecular weight excluding hydrogens is 442 g/mol. The number of carbonyl (C=O) groups is 2. The number of esters is 1. The Bertz CT molecular complexity index is 1400. The van der Waals surface area contributed by atoms with E-state index in [1.54, 1.807) is 35.8 Å². The minimum Gasteiger partial charge on any atom is -0.508 e. The zero-order valence-electron chi connectivity index (χ0n) is 18.8. The lowest BCUT2D eigenvalue weighted by Gasteiger charge is -2.31. The van der Waals surface area contributed by atoms with Crippen LogP contribution in [0.2, 0.25) is 0 Å². The van der Waals surface area contributed by atoms with E-state index in [9.17, 15) is 24.6 Å². The summed E-state index contributed by atoms with van der Waals surface area (Å²) in [6.07, 6.45) is 0.826. The van der Waals surface area contributed by atoms with Gasteiger partial charge in [-0.25, -0.2) is 9.78 Å². The van der Waals surface area contributed by atoms with Crippen molar-refractivity contribution in [2.24, 2.45) is 5.73 Å². The first-order valence-electron chi connectivity index (χ1n) is 10.9. The number of nitrogens with zero attached hydrogens (tertiary/aromatic N) is 2. The Morgan fingerprint density at radius 1 is 1.24 bits per heavy atom. The molecule has 34 heavy (non-hydrogen) atoms. The van der Waals surface area contributed by atoms with Gasteiger partial charge in [0, 0.05) is 16.5 Å². The largest absolute Gasteiger partial charge is 0.508 e. The number of carboxylic acid groups (broad SMARTS) is 1. The monoisotopic (exact) mass is 467 g/mol. The van der Waals surface area contributed by atoms with Crippen LogP contribution in [-0.4, -0.2) is 43.4 Å². The van der Waals surface area contributed by atoms with Crippen LogP contribution >= 0.6 is 0 Å². The van der Waals surface area contributed by atoms with Gasteiger partial charge in [-0.1, -0.05) is 13.8 Å². The van der Waals surface area contributed by atoms with E-state index in [4.69, 9.17) is 14.8 Å². The molecule has 5 rings (SSSR count). The number of hydrogen-bond donors (Lipinski definition) is 4. The average molecular weight is 467 g/mol. The molecule has 0 radical (unpaired) electrons. The van der Waals surface area contributed by atoms with Crippen LogP contribution in [0.5, 0.6) is 5.75 Å². The molecule has 1 atom stereocenters. The maximum Gasteiger partial charge on any atom is 0.343 e. The number of rotatable bonds is 3. The maximum atomic E-state index is 13.2. The van der Waals surface area contributed by atoms with Gasteiger partial charge in [-0.15, -0.1) is 0 Å². The summed E-state index contributed by atoms with van der Waals surface area (Å²) in [5.74, 6) is -1.53. The van der Waals surface area contributed by atoms with Gasteiger partial charge in [-0.3, -0.25) is 9.59 Å². The van der Waals surface area contributed by atoms with Gasteiger partial charge in [0.05, 0.1) is 35.6 Å². The number of carboxylic acids is 1. The first kappa shape index (κ1) is 23.4. The summed E-state index contributed by atoms with van der Waals surface area (Å²) in [6.45, 7) is 3.65. The number of nitrogens with two attached hydrogens (primary N) is 1. The molecule has 0 saturated carbocycles. The third-order valence-electron chi connectivity index (χ3n) is 6.32. The fourth-order valence-corrected chi connectivity index (χ4v) is 4.55. The maximum absolute atomic E-state index is 13.2. The van der Waals surface area contributed by atoms with Crippen molar-refractivity contribution in [3.63, 3.8) is 0 Å². The van der Waals surface area contributed by atoms with Gasteiger partial charge in [0.2, 0.25) is 0 Å². The molecule has 0 spiro atoms. The van der Waals surface area contributed by atoms with Crippen molar-refractivity contribution in [2.45, 2.75) is 45.4 Å². The zero-order chi connectivity index (χ0) is 24.8. The van der Waals surface area contributed by atoms with Crippen LogP contribution < -0.4 is 11.3 Å². The van der Waals surface area contributed by atoms with Crippen molar-refractivity contribution in [1.82, 2.24) is 9.55 Å². The van der Waals surface area contributed by atoms with E-state index in [1.807, 2.05) is 6.92 Å². The molecule has 4 heterocycles. The van der Waals surface area contributed by atoms with Gasteiger partial charge in [0.1, 0.15) is 12.4 Å². The van der Waals surface area contributed by atoms with Crippen LogP contribution in [0.1, 0.15) is 42.5 Å². The topological polar surface area (TPSA) is 165 Å². The van der Waals surface area contributed by atoms with Crippen molar-refractivity contribution < 1.29 is 29.6 Å². The Kier molecular flexibility index (Phi) is 5.88. The smallest absolute Gasteiger partial charge is 0.343 e. The molecule has 0 amide bonds. The first-order chi connectivity index (χ1) is 16.2. The van der Waals surface area contributed by atoms with Crippen LogP contribution in [0, 0.1) is 0 Å². The second-order valence-electron chi connectivity index (χ2n) is 8.17. The van der Waals surface area contributed by atoms with Crippen molar-refractivity contribution in [3.8, 4) is 17.1 Å². The third kappa shape index (κ3) is 3.51. The molecule has 0 unspecified atom stereocenters. The third-order valence-corrected chi connectivity index (χ3v) is 6.32. The molecule has 0 bridgehead atoms. The molecule has 178 valence electrons. The second-order valence-corrected chi connectivity index (χ2v) is 8.17. The van der Waals surface area contributed by atoms with Crippen LogP contribution in [0.25, 0.3) is 22.3 Å². The lowest BCUT2D eigenvalue weighted by atomic mass is 9.86. The molecule has 10 nitrogen and oxygen atoms in total. The van der Waals surface area contributed by atoms with E-state index in [-0.39, 0.29) is 30.9 Å². The Balaban J connectivity index is 0.000000499. The number of aliphatic carboxylic acids is 1. The molecule has 2 aliphatic rings. The van der Waals surface area contributed by atoms with Crippen molar-refractivity contribution in [1.29, 1.82) is 0 Å². The summed E-state index contributed by atoms with van der Waals surface area (Å²) in [6, 6.07) is 6.75. The Hall–Kier alpha value is -3.76. The molecule has 0 saturated heterocycles. The predicted molar refractivity (Wildman–Crippen MR) is 122 cm³/mol. The van der Waals surface area contributed by atoms with Gasteiger partial charge < -0.3 is 30.4 Å². The van der Waals surface area contributed by atoms with Gasteiger partial charge in [0.25, 0.3) is 5.56 Å². The highest BCUT2D eigenvalue weighted by molar-refractivity contribution is 5.89. The van der Waals surface area contributed by atoms with Crippen molar-refractivity contribution in [2.75, 3.05) is 6.54 Å². The number of benzene rings is 1. The number of aliphatic hydroxyl groups is 1. The fourth-order valence-electron chi connectivity index (χ4n) is 4.55. The zero-order valence-corrected chi connectivity index (χ0v) is 18.8. The van der Waals surface area contributed by atoms with Gasteiger partial charge in [-0.05, 0) is 42.7 Å². The van der Waals surface area contributed by atoms with E-state index < -0.39 is 17.5 Å². The van der Waals surface area contributed by atoms with Gasteiger partial charge in [0.15, 0.2) is 5.60 Å². The highest BCUT2D eigenvalue weighted by Crippen LogP contribution is 2.40. The number of ether oxygens (including phenoxy) is 1. The van der Waals surface area contributed by atoms with Gasteiger partial charge >= 0.3 is 11.9 Å². The molecule has 0 fully saturated rings. The highest BCUT2D eigenvalue weighted by Gasteiger charge is 2.45. The molecule has 2 aliphatic heterocycles. The number of fused-ring (bicyclic) bond motifs is 5. The Labute approximate surface area is 194 Å². The minimum absolute atomic E-state index is 0.110. The van der Waals surface area contributed by atoms with Crippen LogP contribution in [0.4, 0.5) is 0 Å². The minimum atomic E-state index is -1.83. The SMILES string of the molecule is CCc1c2c(nc3ccc(O)cc13)-c1cc3c(c(=O)n1C2)COC(=O)[C@]3(O)CC.NCC(=O)O. The van der Waals surface area contributed by atoms with E-state index in [0.29, 0.717) is 35.5 Å². The predicted octanol–water partition coefficient (Wildman–Crippen LogP) is 1.38. The van der Waals surface area contributed by atoms with E-state index in [2.05, 4.69) is 5.73 Å². The molecule has 0 aliphatic carbocycles. The fraction of sp³-hybridized carbons (Fsp3) is 0.333. The average Bonchev–Trinajstić information content (AvgIpc) is 3.19. The lowest BCUT2D eigenvalue weighted by molar-refractivity contribution is -0.172. The van der Waals surface area contributed by atoms with E-state index in [1.165, 1.54) is 0 Å². The molecule has 5 N–H and O–H groups in total. The summed E-state index contributed by atoms with van der Waals surface area (Å²) in [5.41, 5.74) is 7.04. The molecule has 1 aromatic carbocycles. The first-order valence-corrected chi connectivity index (χ1v) is 10.9. The molecule has 3 aromatic rings. The second kappa shape index (κ2) is 8.54. The summed E-state index contributed by atoms with van der Waals surface area (Å²) < 4.78 is 6.73. The number of aromatic hydroxyl groups is 1.